The first-order valence-electron chi connectivity index (χ1n) is 7.18. The summed E-state index contributed by atoms with van der Waals surface area (Å²) in [6.07, 6.45) is 1.32. The van der Waals surface area contributed by atoms with Crippen LogP contribution in [0, 0.1) is 0 Å². The Balaban J connectivity index is 0.000000198. The average Bonchev–Trinajstić information content (AvgIpc) is 3.27. The Labute approximate surface area is 138 Å². The fraction of sp³-hybridized carbons (Fsp3) is 0.176. The van der Waals surface area contributed by atoms with E-state index in [4.69, 9.17) is 13.9 Å². The van der Waals surface area contributed by atoms with Crippen molar-refractivity contribution in [2.24, 2.45) is 0 Å². The smallest absolute Gasteiger partial charge is 0.343 e. The van der Waals surface area contributed by atoms with E-state index in [2.05, 4.69) is 27.2 Å². The summed E-state index contributed by atoms with van der Waals surface area (Å²) in [5.74, 6) is 0.522. The minimum Gasteiger partial charge on any atom is -0.494 e. The van der Waals surface area contributed by atoms with Crippen LogP contribution < -0.4 is 14.8 Å². The predicted molar refractivity (Wildman–Crippen MR) is 87.8 cm³/mol. The number of ether oxygens (including phenoxy) is 3. The molecule has 124 valence electrons. The number of benzene rings is 2. The fourth-order valence-electron chi connectivity index (χ4n) is 2.03. The van der Waals surface area contributed by atoms with E-state index in [1.807, 2.05) is 12.1 Å². The minimum absolute atomic E-state index is 0.167. The molecule has 4 rings (SSSR count). The quantitative estimate of drug-likeness (QED) is 0.454. The maximum atomic E-state index is 10.9. The molecular weight excluding hydrogens is 312 g/mol. The number of carbonyl (C=O) groups is 1. The van der Waals surface area contributed by atoms with Crippen molar-refractivity contribution >= 4 is 28.4 Å². The molecule has 24 heavy (non-hydrogen) atoms. The lowest BCUT2D eigenvalue weighted by Gasteiger charge is -2.06. The molecule has 0 radical (unpaired) electrons. The third kappa shape index (κ3) is 3.57. The van der Waals surface area contributed by atoms with Crippen LogP contribution in [0.4, 0.5) is 11.4 Å². The van der Waals surface area contributed by atoms with E-state index < -0.39 is 5.97 Å². The summed E-state index contributed by atoms with van der Waals surface area (Å²) >= 11 is 0. The standard InChI is InChI=1S/C11H11NO5.C6H5N/c1-14-8-3-7(16-5-10(13)15-2)4-9-11(8)12-6-17-9;1-2-4-6-5(3-1)7-6/h3-4,6H,5H2,1-2H3;1-4,7H. The minimum atomic E-state index is -0.457. The van der Waals surface area contributed by atoms with Crippen molar-refractivity contribution in [1.29, 1.82) is 0 Å². The van der Waals surface area contributed by atoms with Gasteiger partial charge in [-0.25, -0.2) is 9.78 Å². The van der Waals surface area contributed by atoms with Gasteiger partial charge >= 0.3 is 5.97 Å². The van der Waals surface area contributed by atoms with Crippen molar-refractivity contribution in [2.75, 3.05) is 26.1 Å². The molecule has 1 N–H and O–H groups in total. The summed E-state index contributed by atoms with van der Waals surface area (Å²) < 4.78 is 20.0. The van der Waals surface area contributed by atoms with E-state index >= 15 is 0 Å². The van der Waals surface area contributed by atoms with Gasteiger partial charge in [-0.15, -0.1) is 0 Å². The molecule has 0 spiro atoms. The lowest BCUT2D eigenvalue weighted by Crippen LogP contribution is -2.12. The van der Waals surface area contributed by atoms with E-state index in [1.54, 1.807) is 12.1 Å². The number of anilines is 2. The van der Waals surface area contributed by atoms with Gasteiger partial charge in [-0.3, -0.25) is 0 Å². The van der Waals surface area contributed by atoms with Crippen LogP contribution in [0.25, 0.3) is 11.1 Å². The molecule has 0 aliphatic carbocycles. The maximum absolute atomic E-state index is 10.9. The molecule has 7 nitrogen and oxygen atoms in total. The van der Waals surface area contributed by atoms with Gasteiger partial charge in [0, 0.05) is 12.1 Å². The summed E-state index contributed by atoms with van der Waals surface area (Å²) in [5.41, 5.74) is 3.70. The van der Waals surface area contributed by atoms with Gasteiger partial charge in [0.25, 0.3) is 0 Å². The number of fused-ring (bicyclic) bond motifs is 2. The number of esters is 1. The van der Waals surface area contributed by atoms with Gasteiger partial charge in [-0.2, -0.15) is 0 Å². The molecule has 0 saturated heterocycles. The number of oxazole rings is 1. The van der Waals surface area contributed by atoms with E-state index in [1.165, 1.54) is 32.0 Å². The molecule has 2 heterocycles. The SMILES string of the molecule is COC(=O)COc1cc(OC)c2ncoc2c1.c1ccc2c(c1)N2. The highest BCUT2D eigenvalue weighted by Crippen LogP contribution is 2.36. The van der Waals surface area contributed by atoms with Crippen molar-refractivity contribution in [1.82, 2.24) is 4.98 Å². The number of nitrogens with one attached hydrogen (secondary N) is 1. The van der Waals surface area contributed by atoms with Crippen LogP contribution in [0.5, 0.6) is 11.5 Å². The Morgan fingerprint density at radius 3 is 2.58 bits per heavy atom. The van der Waals surface area contributed by atoms with Crippen LogP contribution >= 0.6 is 0 Å². The zero-order valence-electron chi connectivity index (χ0n) is 13.2. The Bertz CT molecular complexity index is 838. The van der Waals surface area contributed by atoms with Gasteiger partial charge in [0.15, 0.2) is 29.8 Å². The van der Waals surface area contributed by atoms with Gasteiger partial charge in [-0.1, -0.05) is 12.1 Å². The first-order chi connectivity index (χ1) is 11.7. The maximum Gasteiger partial charge on any atom is 0.343 e. The van der Waals surface area contributed by atoms with Gasteiger partial charge in [0.2, 0.25) is 0 Å². The summed E-state index contributed by atoms with van der Waals surface area (Å²) in [4.78, 5) is 14.9. The Morgan fingerprint density at radius 2 is 1.96 bits per heavy atom. The van der Waals surface area contributed by atoms with E-state index in [-0.39, 0.29) is 6.61 Å². The predicted octanol–water partition coefficient (Wildman–Crippen LogP) is 3.13. The molecule has 1 aliphatic heterocycles. The number of nitrogens with zero attached hydrogens (tertiary/aromatic N) is 1. The lowest BCUT2D eigenvalue weighted by molar-refractivity contribution is -0.142. The molecule has 3 aromatic rings. The Hall–Kier alpha value is -3.22. The van der Waals surface area contributed by atoms with Gasteiger partial charge in [-0.05, 0) is 12.1 Å². The lowest BCUT2D eigenvalue weighted by atomic mass is 10.3. The van der Waals surface area contributed by atoms with Crippen LogP contribution in [0.2, 0.25) is 0 Å². The van der Waals surface area contributed by atoms with E-state index in [9.17, 15) is 4.79 Å². The first kappa shape index (κ1) is 15.7. The highest BCUT2D eigenvalue weighted by atomic mass is 16.6. The summed E-state index contributed by atoms with van der Waals surface area (Å²) in [6.45, 7) is -0.167. The second-order valence-electron chi connectivity index (χ2n) is 4.86. The molecular formula is C17H16N2O5. The van der Waals surface area contributed by atoms with Gasteiger partial charge in [0.05, 0.1) is 25.6 Å². The molecule has 1 aromatic heterocycles. The average molecular weight is 328 g/mol. The topological polar surface area (TPSA) is 92.7 Å². The third-order valence-corrected chi connectivity index (χ3v) is 3.31. The molecule has 7 heteroatoms. The monoisotopic (exact) mass is 328 g/mol. The first-order valence-corrected chi connectivity index (χ1v) is 7.18. The highest BCUT2D eigenvalue weighted by Gasteiger charge is 2.11. The number of carbonyl (C=O) groups excluding carboxylic acids is 1. The molecule has 0 amide bonds. The van der Waals surface area contributed by atoms with Crippen molar-refractivity contribution in [2.45, 2.75) is 0 Å². The number of rotatable bonds is 4. The van der Waals surface area contributed by atoms with Crippen LogP contribution in [0.3, 0.4) is 0 Å². The largest absolute Gasteiger partial charge is 0.494 e. The fourth-order valence-corrected chi connectivity index (χ4v) is 2.03. The van der Waals surface area contributed by atoms with Crippen molar-refractivity contribution in [3.05, 3.63) is 42.8 Å². The van der Waals surface area contributed by atoms with Crippen LogP contribution in [0.15, 0.2) is 47.2 Å². The summed E-state index contributed by atoms with van der Waals surface area (Å²) in [5, 5.41) is 3.09. The van der Waals surface area contributed by atoms with Crippen LogP contribution in [-0.2, 0) is 9.53 Å². The Morgan fingerprint density at radius 1 is 1.21 bits per heavy atom. The molecule has 0 bridgehead atoms. The third-order valence-electron chi connectivity index (χ3n) is 3.31. The van der Waals surface area contributed by atoms with Crippen LogP contribution in [-0.4, -0.2) is 31.8 Å². The van der Waals surface area contributed by atoms with Crippen molar-refractivity contribution < 1.29 is 23.4 Å². The number of methoxy groups -OCH3 is 2. The number of para-hydroxylation sites is 2. The summed E-state index contributed by atoms with van der Waals surface area (Å²) in [7, 11) is 2.82. The summed E-state index contributed by atoms with van der Waals surface area (Å²) in [6, 6.07) is 11.4. The highest BCUT2D eigenvalue weighted by molar-refractivity contribution is 5.89. The molecule has 0 saturated carbocycles. The molecule has 0 atom stereocenters. The van der Waals surface area contributed by atoms with E-state index in [0.717, 1.165) is 0 Å². The van der Waals surface area contributed by atoms with Crippen molar-refractivity contribution in [3.63, 3.8) is 0 Å². The second kappa shape index (κ2) is 6.91. The van der Waals surface area contributed by atoms with Gasteiger partial charge < -0.3 is 23.9 Å². The zero-order valence-corrected chi connectivity index (χ0v) is 13.2. The zero-order chi connectivity index (χ0) is 16.9. The number of hydrogen-bond acceptors (Lipinski definition) is 7. The normalized spacial score (nSPS) is 10.8. The molecule has 2 aromatic carbocycles. The Kier molecular flexibility index (Phi) is 4.51. The van der Waals surface area contributed by atoms with E-state index in [0.29, 0.717) is 22.6 Å². The number of hydrogen-bond donors (Lipinski definition) is 1. The number of aromatic nitrogens is 1. The van der Waals surface area contributed by atoms with Gasteiger partial charge in [0.1, 0.15) is 5.75 Å². The molecule has 0 fully saturated rings. The second-order valence-corrected chi connectivity index (χ2v) is 4.86. The molecule has 0 unspecified atom stereocenters. The molecule has 1 aliphatic rings. The van der Waals surface area contributed by atoms with Crippen molar-refractivity contribution in [3.8, 4) is 11.5 Å². The van der Waals surface area contributed by atoms with Crippen LogP contribution in [0.1, 0.15) is 0 Å².